The fraction of sp³-hybridized carbons (Fsp3) is 0.562. The highest BCUT2D eigenvalue weighted by molar-refractivity contribution is 5.91. The summed E-state index contributed by atoms with van der Waals surface area (Å²) in [5.74, 6) is 2.99. The van der Waals surface area contributed by atoms with Crippen LogP contribution in [0.15, 0.2) is 22.6 Å². The SMILES string of the molecule is CC1CC1c1ccc(C=CC(=O)N2CCC[C@@H]2CO)o1. The number of hydrogen-bond acceptors (Lipinski definition) is 3. The van der Waals surface area contributed by atoms with E-state index in [9.17, 15) is 9.90 Å². The number of aliphatic hydroxyl groups is 1. The standard InChI is InChI=1S/C16H21NO3/c1-11-9-14(11)15-6-4-13(20-15)5-7-16(19)17-8-2-3-12(17)10-18/h4-7,11-12,14,18H,2-3,8-10H2,1H3/t11?,12-,14?/m1/s1. The summed E-state index contributed by atoms with van der Waals surface area (Å²) in [5, 5.41) is 9.23. The minimum Gasteiger partial charge on any atom is -0.461 e. The van der Waals surface area contributed by atoms with Gasteiger partial charge in [0.1, 0.15) is 11.5 Å². The van der Waals surface area contributed by atoms with Crippen molar-refractivity contribution in [3.63, 3.8) is 0 Å². The first-order chi connectivity index (χ1) is 9.69. The molecular formula is C16H21NO3. The summed E-state index contributed by atoms with van der Waals surface area (Å²) < 4.78 is 5.74. The predicted octanol–water partition coefficient (Wildman–Crippen LogP) is 2.40. The Kier molecular flexibility index (Phi) is 3.66. The maximum atomic E-state index is 12.1. The predicted molar refractivity (Wildman–Crippen MR) is 76.1 cm³/mol. The van der Waals surface area contributed by atoms with Crippen LogP contribution >= 0.6 is 0 Å². The maximum absolute atomic E-state index is 12.1. The van der Waals surface area contributed by atoms with Crippen LogP contribution in [0.1, 0.15) is 43.6 Å². The second-order valence-corrected chi connectivity index (χ2v) is 5.90. The van der Waals surface area contributed by atoms with Gasteiger partial charge in [0.15, 0.2) is 0 Å². The summed E-state index contributed by atoms with van der Waals surface area (Å²) in [6, 6.07) is 3.90. The molecule has 0 radical (unpaired) electrons. The minimum absolute atomic E-state index is 0.0216. The van der Waals surface area contributed by atoms with E-state index >= 15 is 0 Å². The van der Waals surface area contributed by atoms with Crippen LogP contribution in [0.3, 0.4) is 0 Å². The average Bonchev–Trinajstić information content (AvgIpc) is 2.89. The number of hydrogen-bond donors (Lipinski definition) is 1. The first kappa shape index (κ1) is 13.4. The highest BCUT2D eigenvalue weighted by Gasteiger charge is 2.36. The molecule has 1 aromatic heterocycles. The zero-order valence-electron chi connectivity index (χ0n) is 11.8. The van der Waals surface area contributed by atoms with E-state index in [0.29, 0.717) is 5.92 Å². The fourth-order valence-electron chi connectivity index (χ4n) is 2.94. The minimum atomic E-state index is -0.0423. The van der Waals surface area contributed by atoms with Crippen molar-refractivity contribution in [2.75, 3.05) is 13.2 Å². The molecular weight excluding hydrogens is 254 g/mol. The van der Waals surface area contributed by atoms with Crippen LogP contribution in [0.25, 0.3) is 6.08 Å². The number of aliphatic hydroxyl groups excluding tert-OH is 1. The quantitative estimate of drug-likeness (QED) is 0.858. The molecule has 108 valence electrons. The molecule has 0 aromatic carbocycles. The molecule has 2 unspecified atom stereocenters. The highest BCUT2D eigenvalue weighted by Crippen LogP contribution is 2.47. The van der Waals surface area contributed by atoms with Crippen molar-refractivity contribution >= 4 is 12.0 Å². The van der Waals surface area contributed by atoms with Gasteiger partial charge in [-0.3, -0.25) is 4.79 Å². The lowest BCUT2D eigenvalue weighted by molar-refractivity contribution is -0.127. The smallest absolute Gasteiger partial charge is 0.247 e. The van der Waals surface area contributed by atoms with Crippen molar-refractivity contribution < 1.29 is 14.3 Å². The van der Waals surface area contributed by atoms with Gasteiger partial charge in [-0.05, 0) is 43.4 Å². The lowest BCUT2D eigenvalue weighted by atomic mass is 10.2. The summed E-state index contributed by atoms with van der Waals surface area (Å²) in [7, 11) is 0. The molecule has 4 heteroatoms. The average molecular weight is 275 g/mol. The summed E-state index contributed by atoms with van der Waals surface area (Å²) in [6.45, 7) is 3.00. The summed E-state index contributed by atoms with van der Waals surface area (Å²) in [6.07, 6.45) is 6.33. The number of nitrogens with zero attached hydrogens (tertiary/aromatic N) is 1. The van der Waals surface area contributed by atoms with E-state index in [2.05, 4.69) is 6.92 Å². The summed E-state index contributed by atoms with van der Waals surface area (Å²) in [4.78, 5) is 13.8. The number of likely N-dealkylation sites (tertiary alicyclic amines) is 1. The molecule has 1 aromatic rings. The van der Waals surface area contributed by atoms with Crippen LogP contribution in [0.4, 0.5) is 0 Å². The second kappa shape index (κ2) is 5.44. The molecule has 1 saturated carbocycles. The molecule has 4 nitrogen and oxygen atoms in total. The highest BCUT2D eigenvalue weighted by atomic mass is 16.3. The first-order valence-corrected chi connectivity index (χ1v) is 7.38. The van der Waals surface area contributed by atoms with Gasteiger partial charge in [-0.2, -0.15) is 0 Å². The van der Waals surface area contributed by atoms with Crippen LogP contribution in [-0.2, 0) is 4.79 Å². The largest absolute Gasteiger partial charge is 0.461 e. The molecule has 1 aliphatic carbocycles. The Morgan fingerprint density at radius 1 is 1.55 bits per heavy atom. The molecule has 2 fully saturated rings. The van der Waals surface area contributed by atoms with Gasteiger partial charge in [0.05, 0.1) is 12.6 Å². The molecule has 2 heterocycles. The van der Waals surface area contributed by atoms with E-state index in [1.807, 2.05) is 12.1 Å². The van der Waals surface area contributed by atoms with Crippen molar-refractivity contribution in [1.82, 2.24) is 4.90 Å². The van der Waals surface area contributed by atoms with Crippen molar-refractivity contribution in [1.29, 1.82) is 0 Å². The Bertz CT molecular complexity index is 520. The van der Waals surface area contributed by atoms with Gasteiger partial charge < -0.3 is 14.4 Å². The third-order valence-electron chi connectivity index (χ3n) is 4.38. The Balaban J connectivity index is 1.61. The normalized spacial score (nSPS) is 29.3. The van der Waals surface area contributed by atoms with Crippen LogP contribution in [0.5, 0.6) is 0 Å². The Morgan fingerprint density at radius 2 is 2.35 bits per heavy atom. The maximum Gasteiger partial charge on any atom is 0.247 e. The van der Waals surface area contributed by atoms with E-state index in [4.69, 9.17) is 4.42 Å². The molecule has 3 atom stereocenters. The molecule has 20 heavy (non-hydrogen) atoms. The van der Waals surface area contributed by atoms with Gasteiger partial charge in [-0.1, -0.05) is 6.92 Å². The Labute approximate surface area is 119 Å². The number of carbonyl (C=O) groups is 1. The number of amides is 1. The van der Waals surface area contributed by atoms with Crippen LogP contribution in [-0.4, -0.2) is 35.1 Å². The Morgan fingerprint density at radius 3 is 3.05 bits per heavy atom. The molecule has 1 N–H and O–H groups in total. The molecule has 3 rings (SSSR count). The van der Waals surface area contributed by atoms with E-state index in [1.54, 1.807) is 17.1 Å². The lowest BCUT2D eigenvalue weighted by Gasteiger charge is -2.21. The van der Waals surface area contributed by atoms with E-state index in [-0.39, 0.29) is 18.6 Å². The molecule has 2 aliphatic rings. The van der Waals surface area contributed by atoms with Gasteiger partial charge in [-0.15, -0.1) is 0 Å². The molecule has 1 saturated heterocycles. The van der Waals surface area contributed by atoms with Crippen molar-refractivity contribution in [3.8, 4) is 0 Å². The molecule has 1 amide bonds. The summed E-state index contributed by atoms with van der Waals surface area (Å²) >= 11 is 0. The number of furan rings is 1. The molecule has 1 aliphatic heterocycles. The summed E-state index contributed by atoms with van der Waals surface area (Å²) in [5.41, 5.74) is 0. The van der Waals surface area contributed by atoms with Crippen molar-refractivity contribution in [3.05, 3.63) is 29.7 Å². The first-order valence-electron chi connectivity index (χ1n) is 7.38. The van der Waals surface area contributed by atoms with E-state index in [0.717, 1.165) is 36.8 Å². The van der Waals surface area contributed by atoms with Crippen LogP contribution in [0, 0.1) is 5.92 Å². The van der Waals surface area contributed by atoms with E-state index in [1.165, 1.54) is 6.42 Å². The van der Waals surface area contributed by atoms with Crippen molar-refractivity contribution in [2.24, 2.45) is 5.92 Å². The lowest BCUT2D eigenvalue weighted by Crippen LogP contribution is -2.36. The molecule has 0 bridgehead atoms. The Hall–Kier alpha value is -1.55. The van der Waals surface area contributed by atoms with Gasteiger partial charge in [-0.25, -0.2) is 0 Å². The topological polar surface area (TPSA) is 53.7 Å². The van der Waals surface area contributed by atoms with Gasteiger partial charge >= 0.3 is 0 Å². The van der Waals surface area contributed by atoms with E-state index < -0.39 is 0 Å². The van der Waals surface area contributed by atoms with Crippen LogP contribution < -0.4 is 0 Å². The van der Waals surface area contributed by atoms with Crippen molar-refractivity contribution in [2.45, 2.75) is 38.1 Å². The third-order valence-corrected chi connectivity index (χ3v) is 4.38. The van der Waals surface area contributed by atoms with Crippen LogP contribution in [0.2, 0.25) is 0 Å². The van der Waals surface area contributed by atoms with Gasteiger partial charge in [0.25, 0.3) is 0 Å². The van der Waals surface area contributed by atoms with Gasteiger partial charge in [0.2, 0.25) is 5.91 Å². The second-order valence-electron chi connectivity index (χ2n) is 5.90. The zero-order valence-corrected chi connectivity index (χ0v) is 11.8. The monoisotopic (exact) mass is 275 g/mol. The number of rotatable bonds is 4. The third kappa shape index (κ3) is 2.66. The van der Waals surface area contributed by atoms with Gasteiger partial charge in [0, 0.05) is 18.5 Å². The zero-order chi connectivity index (χ0) is 14.1. The molecule has 0 spiro atoms. The fourth-order valence-corrected chi connectivity index (χ4v) is 2.94. The number of carbonyl (C=O) groups excluding carboxylic acids is 1.